The Hall–Kier alpha value is -2.00. The Balaban J connectivity index is 1.61. The minimum Gasteiger partial charge on any atom is -0.487 e. The van der Waals surface area contributed by atoms with Gasteiger partial charge in [0.1, 0.15) is 12.4 Å². The van der Waals surface area contributed by atoms with Crippen LogP contribution in [0.2, 0.25) is 0 Å². The average Bonchev–Trinajstić information content (AvgIpc) is 2.74. The van der Waals surface area contributed by atoms with Crippen LogP contribution in [0.3, 0.4) is 0 Å². The van der Waals surface area contributed by atoms with Crippen molar-refractivity contribution in [3.8, 4) is 5.75 Å². The zero-order valence-electron chi connectivity index (χ0n) is 15.6. The van der Waals surface area contributed by atoms with Gasteiger partial charge in [0.2, 0.25) is 0 Å². The second-order valence-electron chi connectivity index (χ2n) is 6.28. The van der Waals surface area contributed by atoms with Crippen molar-refractivity contribution in [3.63, 3.8) is 0 Å². The van der Waals surface area contributed by atoms with Gasteiger partial charge >= 0.3 is 0 Å². The Kier molecular flexibility index (Phi) is 8.21. The molecule has 5 nitrogen and oxygen atoms in total. The van der Waals surface area contributed by atoms with E-state index in [9.17, 15) is 9.90 Å². The van der Waals surface area contributed by atoms with Crippen LogP contribution in [0.15, 0.2) is 85.2 Å². The maximum atomic E-state index is 12.0. The average molecular weight is 597 g/mol. The number of halogens is 3. The molecule has 0 spiro atoms. The molecule has 0 aliphatic heterocycles. The van der Waals surface area contributed by atoms with E-state index < -0.39 is 12.0 Å². The number of hydrogen-bond donors (Lipinski definition) is 2. The molecule has 3 aromatic rings. The third-order valence-corrected chi connectivity index (χ3v) is 5.78. The summed E-state index contributed by atoms with van der Waals surface area (Å²) in [5, 5.41) is 14.0. The Morgan fingerprint density at radius 2 is 1.67 bits per heavy atom. The molecule has 1 amide bonds. The van der Waals surface area contributed by atoms with Crippen molar-refractivity contribution >= 4 is 59.9 Å². The highest BCUT2D eigenvalue weighted by molar-refractivity contribution is 9.11. The van der Waals surface area contributed by atoms with Crippen LogP contribution < -0.4 is 10.2 Å². The fourth-order valence-corrected chi connectivity index (χ4v) is 4.26. The molecule has 30 heavy (non-hydrogen) atoms. The lowest BCUT2D eigenvalue weighted by Crippen LogP contribution is -2.25. The molecule has 0 saturated heterocycles. The molecule has 0 aromatic heterocycles. The van der Waals surface area contributed by atoms with Crippen LogP contribution in [0.5, 0.6) is 5.75 Å². The van der Waals surface area contributed by atoms with Crippen LogP contribution in [0.25, 0.3) is 0 Å². The largest absolute Gasteiger partial charge is 0.487 e. The van der Waals surface area contributed by atoms with Crippen molar-refractivity contribution in [3.05, 3.63) is 96.8 Å². The van der Waals surface area contributed by atoms with Crippen LogP contribution in [-0.4, -0.2) is 17.2 Å². The summed E-state index contributed by atoms with van der Waals surface area (Å²) in [4.78, 5) is 12.0. The number of ether oxygens (including phenoxy) is 1. The number of rotatable bonds is 7. The predicted octanol–water partition coefficient (Wildman–Crippen LogP) is 5.74. The first-order valence-corrected chi connectivity index (χ1v) is 11.2. The van der Waals surface area contributed by atoms with Crippen LogP contribution in [-0.2, 0) is 11.4 Å². The molecule has 0 aliphatic carbocycles. The van der Waals surface area contributed by atoms with E-state index in [0.29, 0.717) is 17.9 Å². The van der Waals surface area contributed by atoms with Crippen LogP contribution >= 0.6 is 47.8 Å². The van der Waals surface area contributed by atoms with Gasteiger partial charge in [-0.1, -0.05) is 58.4 Å². The molecule has 0 heterocycles. The van der Waals surface area contributed by atoms with Gasteiger partial charge in [-0.05, 0) is 72.8 Å². The molecular formula is C22H17Br3N2O3. The summed E-state index contributed by atoms with van der Waals surface area (Å²) in [6, 6.07) is 20.2. The van der Waals surface area contributed by atoms with Gasteiger partial charge in [0.15, 0.2) is 6.10 Å². The number of aliphatic hydroxyl groups excluding tert-OH is 1. The molecule has 1 atom stereocenters. The Labute approximate surface area is 199 Å². The SMILES string of the molecule is O=C(N/N=C\c1cc(Br)c(OCc2ccc(Br)cc2)c(Br)c1)[C@@H](O)c1ccccc1. The molecule has 3 rings (SSSR count). The van der Waals surface area contributed by atoms with E-state index >= 15 is 0 Å². The third-order valence-electron chi connectivity index (χ3n) is 4.07. The minimum atomic E-state index is -1.28. The molecule has 0 unspecified atom stereocenters. The maximum absolute atomic E-state index is 12.0. The number of nitrogens with zero attached hydrogens (tertiary/aromatic N) is 1. The number of amides is 1. The number of carbonyl (C=O) groups is 1. The van der Waals surface area contributed by atoms with Crippen molar-refractivity contribution < 1.29 is 14.6 Å². The first-order chi connectivity index (χ1) is 14.4. The number of carbonyl (C=O) groups excluding carboxylic acids is 1. The fraction of sp³-hybridized carbons (Fsp3) is 0.0909. The lowest BCUT2D eigenvalue weighted by molar-refractivity contribution is -0.129. The van der Waals surface area contributed by atoms with E-state index in [1.165, 1.54) is 6.21 Å². The number of hydrogen-bond acceptors (Lipinski definition) is 4. The van der Waals surface area contributed by atoms with Gasteiger partial charge < -0.3 is 9.84 Å². The Morgan fingerprint density at radius 3 is 2.30 bits per heavy atom. The molecule has 3 aromatic carbocycles. The van der Waals surface area contributed by atoms with Gasteiger partial charge in [-0.25, -0.2) is 5.43 Å². The predicted molar refractivity (Wildman–Crippen MR) is 127 cm³/mol. The van der Waals surface area contributed by atoms with Crippen molar-refractivity contribution in [2.24, 2.45) is 5.10 Å². The molecular weight excluding hydrogens is 580 g/mol. The van der Waals surface area contributed by atoms with Crippen molar-refractivity contribution in [2.75, 3.05) is 0 Å². The zero-order chi connectivity index (χ0) is 21.5. The Bertz CT molecular complexity index is 1020. The van der Waals surface area contributed by atoms with E-state index in [4.69, 9.17) is 4.74 Å². The number of hydrazone groups is 1. The molecule has 0 aliphatic rings. The molecule has 0 fully saturated rings. The number of nitrogens with one attached hydrogen (secondary N) is 1. The third kappa shape index (κ3) is 6.25. The summed E-state index contributed by atoms with van der Waals surface area (Å²) in [6.07, 6.45) is 0.208. The standard InChI is InChI=1S/C22H17Br3N2O3/c23-17-8-6-14(7-9-17)13-30-21-18(24)10-15(11-19(21)25)12-26-27-22(29)20(28)16-4-2-1-3-5-16/h1-12,20,28H,13H2,(H,27,29)/b26-12-/t20-/m0/s1. The fourth-order valence-electron chi connectivity index (χ4n) is 2.55. The van der Waals surface area contributed by atoms with E-state index in [-0.39, 0.29) is 0 Å². The minimum absolute atomic E-state index is 0.422. The van der Waals surface area contributed by atoms with Crippen LogP contribution in [0.4, 0.5) is 0 Å². The van der Waals surface area contributed by atoms with Crippen LogP contribution in [0, 0.1) is 0 Å². The van der Waals surface area contributed by atoms with Gasteiger partial charge in [-0.2, -0.15) is 5.10 Å². The summed E-state index contributed by atoms with van der Waals surface area (Å²) in [5.41, 5.74) is 4.63. The molecule has 154 valence electrons. The summed E-state index contributed by atoms with van der Waals surface area (Å²) < 4.78 is 8.41. The summed E-state index contributed by atoms with van der Waals surface area (Å²) in [7, 11) is 0. The van der Waals surface area contributed by atoms with Gasteiger partial charge in [0, 0.05) is 4.47 Å². The van der Waals surface area contributed by atoms with Gasteiger partial charge in [0.05, 0.1) is 15.2 Å². The normalized spacial score (nSPS) is 12.0. The number of aliphatic hydroxyl groups is 1. The second-order valence-corrected chi connectivity index (χ2v) is 8.90. The van der Waals surface area contributed by atoms with Crippen molar-refractivity contribution in [2.45, 2.75) is 12.7 Å². The maximum Gasteiger partial charge on any atom is 0.273 e. The van der Waals surface area contributed by atoms with E-state index in [1.807, 2.05) is 42.5 Å². The van der Waals surface area contributed by atoms with E-state index in [0.717, 1.165) is 24.5 Å². The van der Waals surface area contributed by atoms with Crippen molar-refractivity contribution in [1.82, 2.24) is 5.43 Å². The topological polar surface area (TPSA) is 70.9 Å². The zero-order valence-corrected chi connectivity index (χ0v) is 20.3. The first-order valence-electron chi connectivity index (χ1n) is 8.86. The Morgan fingerprint density at radius 1 is 1.03 bits per heavy atom. The second kappa shape index (κ2) is 10.9. The highest BCUT2D eigenvalue weighted by Crippen LogP contribution is 2.35. The molecule has 2 N–H and O–H groups in total. The highest BCUT2D eigenvalue weighted by atomic mass is 79.9. The van der Waals surface area contributed by atoms with E-state index in [2.05, 4.69) is 58.3 Å². The first kappa shape index (κ1) is 22.7. The quantitative estimate of drug-likeness (QED) is 0.270. The summed E-state index contributed by atoms with van der Waals surface area (Å²) in [6.45, 7) is 0.422. The summed E-state index contributed by atoms with van der Waals surface area (Å²) >= 11 is 10.4. The molecule has 0 bridgehead atoms. The lowest BCUT2D eigenvalue weighted by Gasteiger charge is -2.11. The van der Waals surface area contributed by atoms with Gasteiger partial charge in [-0.15, -0.1) is 0 Å². The van der Waals surface area contributed by atoms with Gasteiger partial charge in [0.25, 0.3) is 5.91 Å². The number of benzene rings is 3. The van der Waals surface area contributed by atoms with Crippen LogP contribution in [0.1, 0.15) is 22.8 Å². The van der Waals surface area contributed by atoms with Crippen molar-refractivity contribution in [1.29, 1.82) is 0 Å². The van der Waals surface area contributed by atoms with E-state index in [1.54, 1.807) is 24.3 Å². The molecule has 0 radical (unpaired) electrons. The monoisotopic (exact) mass is 594 g/mol. The molecule has 0 saturated carbocycles. The molecule has 8 heteroatoms. The smallest absolute Gasteiger partial charge is 0.273 e. The summed E-state index contributed by atoms with van der Waals surface area (Å²) in [5.74, 6) is 0.0589. The lowest BCUT2D eigenvalue weighted by atomic mass is 10.1. The highest BCUT2D eigenvalue weighted by Gasteiger charge is 2.16. The van der Waals surface area contributed by atoms with Gasteiger partial charge in [-0.3, -0.25) is 4.79 Å².